The third-order valence-electron chi connectivity index (χ3n) is 5.40. The number of hydrogen-bond donors (Lipinski definition) is 1. The van der Waals surface area contributed by atoms with Crippen LogP contribution >= 0.6 is 11.8 Å². The molecule has 7 heteroatoms. The molecule has 0 aliphatic carbocycles. The lowest BCUT2D eigenvalue weighted by molar-refractivity contribution is -0.118. The van der Waals surface area contributed by atoms with Gasteiger partial charge >= 0.3 is 0 Å². The number of amides is 1. The van der Waals surface area contributed by atoms with Crippen molar-refractivity contribution in [1.29, 1.82) is 0 Å². The fourth-order valence-corrected chi connectivity index (χ4v) is 4.25. The van der Waals surface area contributed by atoms with E-state index < -0.39 is 0 Å². The molecular weight excluding hydrogens is 406 g/mol. The number of anilines is 1. The molecule has 1 N–H and O–H groups in total. The van der Waals surface area contributed by atoms with Crippen molar-refractivity contribution in [1.82, 2.24) is 20.1 Å². The number of nitrogens with zero attached hydrogens (tertiary/aromatic N) is 4. The van der Waals surface area contributed by atoms with Crippen molar-refractivity contribution in [2.24, 2.45) is 7.05 Å². The topological polar surface area (TPSA) is 63.1 Å². The predicted octanol–water partition coefficient (Wildman–Crippen LogP) is 4.09. The smallest absolute Gasteiger partial charge is 0.230 e. The number of hydrogen-bond acceptors (Lipinski definition) is 5. The summed E-state index contributed by atoms with van der Waals surface area (Å²) in [5.74, 6) is 1.13. The molecule has 0 fully saturated rings. The third-order valence-corrected chi connectivity index (χ3v) is 6.42. The lowest BCUT2D eigenvalue weighted by Crippen LogP contribution is -2.27. The normalized spacial score (nSPS) is 10.8. The van der Waals surface area contributed by atoms with Gasteiger partial charge in [-0.2, -0.15) is 0 Å². The summed E-state index contributed by atoms with van der Waals surface area (Å²) in [5.41, 5.74) is 4.73. The molecule has 0 saturated carbocycles. The zero-order valence-corrected chi connectivity index (χ0v) is 19.6. The van der Waals surface area contributed by atoms with Crippen LogP contribution in [0.2, 0.25) is 0 Å². The highest BCUT2D eigenvalue weighted by Gasteiger charge is 2.13. The molecule has 31 heavy (non-hydrogen) atoms. The van der Waals surface area contributed by atoms with Crippen LogP contribution in [-0.4, -0.2) is 46.1 Å². The maximum Gasteiger partial charge on any atom is 0.230 e. The largest absolute Gasteiger partial charge is 0.372 e. The molecule has 1 amide bonds. The Balaban J connectivity index is 1.53. The Bertz CT molecular complexity index is 995. The van der Waals surface area contributed by atoms with Crippen molar-refractivity contribution in [3.63, 3.8) is 0 Å². The molecule has 0 aliphatic rings. The first-order chi connectivity index (χ1) is 15.0. The minimum absolute atomic E-state index is 0.00621. The molecule has 0 radical (unpaired) electrons. The summed E-state index contributed by atoms with van der Waals surface area (Å²) in [7, 11) is 1.94. The van der Waals surface area contributed by atoms with E-state index in [4.69, 9.17) is 0 Å². The van der Waals surface area contributed by atoms with Gasteiger partial charge in [0.15, 0.2) is 11.0 Å². The molecule has 6 nitrogen and oxygen atoms in total. The van der Waals surface area contributed by atoms with Gasteiger partial charge < -0.3 is 14.8 Å². The molecule has 1 aromatic heterocycles. The summed E-state index contributed by atoms with van der Waals surface area (Å²) in [6, 6.07) is 16.6. The van der Waals surface area contributed by atoms with E-state index in [1.165, 1.54) is 28.6 Å². The number of aryl methyl sites for hydroxylation is 1. The Kier molecular flexibility index (Phi) is 8.12. The molecule has 164 valence electrons. The number of carbonyl (C=O) groups is 1. The summed E-state index contributed by atoms with van der Waals surface area (Å²) in [4.78, 5) is 14.5. The second-order valence-electron chi connectivity index (χ2n) is 7.40. The minimum Gasteiger partial charge on any atom is -0.372 e. The Labute approximate surface area is 189 Å². The minimum atomic E-state index is 0.00621. The highest BCUT2D eigenvalue weighted by molar-refractivity contribution is 7.99. The van der Waals surface area contributed by atoms with Crippen LogP contribution in [0.5, 0.6) is 0 Å². The molecular formula is C24H31N5OS. The maximum absolute atomic E-state index is 12.2. The van der Waals surface area contributed by atoms with Crippen molar-refractivity contribution < 1.29 is 4.79 Å². The average Bonchev–Trinajstić information content (AvgIpc) is 3.15. The first-order valence-electron chi connectivity index (χ1n) is 10.7. The van der Waals surface area contributed by atoms with Gasteiger partial charge in [-0.1, -0.05) is 36.0 Å². The lowest BCUT2D eigenvalue weighted by atomic mass is 10.1. The Hall–Kier alpha value is -2.80. The van der Waals surface area contributed by atoms with E-state index in [1.807, 2.05) is 23.7 Å². The van der Waals surface area contributed by atoms with Gasteiger partial charge in [0.05, 0.1) is 5.75 Å². The summed E-state index contributed by atoms with van der Waals surface area (Å²) >= 11 is 1.40. The fraction of sp³-hybridized carbons (Fsp3) is 0.375. The van der Waals surface area contributed by atoms with E-state index in [9.17, 15) is 4.79 Å². The highest BCUT2D eigenvalue weighted by Crippen LogP contribution is 2.25. The molecule has 3 aromatic rings. The van der Waals surface area contributed by atoms with E-state index in [0.29, 0.717) is 12.3 Å². The maximum atomic E-state index is 12.2. The first kappa shape index (κ1) is 22.9. The molecule has 3 rings (SSSR count). The van der Waals surface area contributed by atoms with Crippen LogP contribution in [0.15, 0.2) is 53.7 Å². The summed E-state index contributed by atoms with van der Waals surface area (Å²) in [5, 5.41) is 12.3. The van der Waals surface area contributed by atoms with Crippen molar-refractivity contribution in [2.75, 3.05) is 30.3 Å². The van der Waals surface area contributed by atoms with Crippen molar-refractivity contribution >= 4 is 23.4 Å². The highest BCUT2D eigenvalue weighted by atomic mass is 32.2. The van der Waals surface area contributed by atoms with Crippen molar-refractivity contribution in [3.05, 3.63) is 59.7 Å². The molecule has 0 saturated heterocycles. The zero-order valence-electron chi connectivity index (χ0n) is 18.8. The molecule has 0 unspecified atom stereocenters. The summed E-state index contributed by atoms with van der Waals surface area (Å²) < 4.78 is 1.94. The van der Waals surface area contributed by atoms with E-state index in [2.05, 4.69) is 77.6 Å². The van der Waals surface area contributed by atoms with Gasteiger partial charge in [-0.25, -0.2) is 0 Å². The quantitative estimate of drug-likeness (QED) is 0.484. The van der Waals surface area contributed by atoms with Crippen molar-refractivity contribution in [3.8, 4) is 11.4 Å². The van der Waals surface area contributed by atoms with E-state index in [-0.39, 0.29) is 5.91 Å². The molecule has 0 aliphatic heterocycles. The predicted molar refractivity (Wildman–Crippen MR) is 129 cm³/mol. The standard InChI is InChI=1S/C24H31N5OS/c1-5-29(6-2)21-13-11-20(12-14-21)23-26-27-24(28(23)4)31-17-22(30)25-16-15-19-10-8-7-9-18(19)3/h7-14H,5-6,15-17H2,1-4H3,(H,25,30). The Morgan fingerprint density at radius 2 is 1.77 bits per heavy atom. The summed E-state index contributed by atoms with van der Waals surface area (Å²) in [6.45, 7) is 9.00. The molecule has 0 bridgehead atoms. The Morgan fingerprint density at radius 1 is 1.06 bits per heavy atom. The second-order valence-corrected chi connectivity index (χ2v) is 8.34. The van der Waals surface area contributed by atoms with E-state index in [0.717, 1.165) is 36.1 Å². The number of carbonyl (C=O) groups excluding carboxylic acids is 1. The first-order valence-corrected chi connectivity index (χ1v) is 11.7. The summed E-state index contributed by atoms with van der Waals surface area (Å²) in [6.07, 6.45) is 0.834. The van der Waals surface area contributed by atoms with Gasteiger partial charge in [-0.3, -0.25) is 4.79 Å². The second kappa shape index (κ2) is 11.0. The lowest BCUT2D eigenvalue weighted by Gasteiger charge is -2.21. The molecule has 0 atom stereocenters. The van der Waals surface area contributed by atoms with Crippen LogP contribution in [-0.2, 0) is 18.3 Å². The average molecular weight is 438 g/mol. The number of rotatable bonds is 10. The van der Waals surface area contributed by atoms with Gasteiger partial charge in [0.2, 0.25) is 5.91 Å². The van der Waals surface area contributed by atoms with E-state index in [1.54, 1.807) is 0 Å². The number of nitrogens with one attached hydrogen (secondary N) is 1. The van der Waals surface area contributed by atoms with Gasteiger partial charge in [0.1, 0.15) is 0 Å². The van der Waals surface area contributed by atoms with Crippen LogP contribution in [0.4, 0.5) is 5.69 Å². The van der Waals surface area contributed by atoms with Gasteiger partial charge in [-0.15, -0.1) is 10.2 Å². The van der Waals surface area contributed by atoms with Crippen LogP contribution in [0, 0.1) is 6.92 Å². The van der Waals surface area contributed by atoms with Crippen LogP contribution in [0.3, 0.4) is 0 Å². The fourth-order valence-electron chi connectivity index (χ4n) is 3.51. The number of aromatic nitrogens is 3. The van der Waals surface area contributed by atoms with E-state index >= 15 is 0 Å². The monoisotopic (exact) mass is 437 g/mol. The van der Waals surface area contributed by atoms with Crippen LogP contribution in [0.1, 0.15) is 25.0 Å². The molecule has 0 spiro atoms. The SMILES string of the molecule is CCN(CC)c1ccc(-c2nnc(SCC(=O)NCCc3ccccc3C)n2C)cc1. The van der Waals surface area contributed by atoms with Gasteiger partial charge in [-0.05, 0) is 62.6 Å². The third kappa shape index (κ3) is 5.88. The van der Waals surface area contributed by atoms with Crippen LogP contribution in [0.25, 0.3) is 11.4 Å². The van der Waals surface area contributed by atoms with Crippen molar-refractivity contribution in [2.45, 2.75) is 32.3 Å². The van der Waals surface area contributed by atoms with Gasteiger partial charge in [0, 0.05) is 37.9 Å². The Morgan fingerprint density at radius 3 is 2.45 bits per heavy atom. The van der Waals surface area contributed by atoms with Crippen LogP contribution < -0.4 is 10.2 Å². The number of benzene rings is 2. The number of thioether (sulfide) groups is 1. The molecule has 1 heterocycles. The molecule has 2 aromatic carbocycles. The van der Waals surface area contributed by atoms with Gasteiger partial charge in [0.25, 0.3) is 0 Å². The zero-order chi connectivity index (χ0) is 22.2.